The Morgan fingerprint density at radius 3 is 2.47 bits per heavy atom. The molecule has 0 fully saturated rings. The molecule has 0 aliphatic heterocycles. The summed E-state index contributed by atoms with van der Waals surface area (Å²) in [5.41, 5.74) is -0.123. The van der Waals surface area contributed by atoms with Crippen molar-refractivity contribution in [1.29, 1.82) is 0 Å². The zero-order valence-electron chi connectivity index (χ0n) is 10.8. The molecule has 0 aliphatic carbocycles. The third-order valence-electron chi connectivity index (χ3n) is 2.52. The van der Waals surface area contributed by atoms with Crippen molar-refractivity contribution in [2.24, 2.45) is 0 Å². The Balaban J connectivity index is 3.15. The molecule has 0 amide bonds. The number of ether oxygens (including phenoxy) is 2. The normalized spacial score (nSPS) is 11.7. The highest BCUT2D eigenvalue weighted by Crippen LogP contribution is 2.32. The third kappa shape index (κ3) is 3.61. The van der Waals surface area contributed by atoms with E-state index in [0.29, 0.717) is 6.42 Å². The Morgan fingerprint density at radius 1 is 1.32 bits per heavy atom. The molecule has 0 radical (unpaired) electrons. The molecule has 1 unspecified atom stereocenters. The number of benzene rings is 1. The molecule has 0 heterocycles. The van der Waals surface area contributed by atoms with Crippen LogP contribution >= 0.6 is 0 Å². The molecule has 19 heavy (non-hydrogen) atoms. The molecular weight excluding hydrogens is 252 g/mol. The van der Waals surface area contributed by atoms with E-state index in [0.717, 1.165) is 0 Å². The molecule has 1 rings (SSSR count). The zero-order valence-corrected chi connectivity index (χ0v) is 10.8. The standard InChI is InChI=1S/C13H16O6/c1-3-5-10(13(16)17)19-11-8(12(14)15)6-4-7-9(11)18-2/h4,6-7,10H,3,5H2,1-2H3,(H,14,15)(H,16,17). The molecule has 104 valence electrons. The molecule has 1 aromatic carbocycles. The minimum atomic E-state index is -1.20. The summed E-state index contributed by atoms with van der Waals surface area (Å²) < 4.78 is 10.3. The van der Waals surface area contributed by atoms with Crippen molar-refractivity contribution in [2.75, 3.05) is 7.11 Å². The van der Waals surface area contributed by atoms with E-state index in [1.165, 1.54) is 25.3 Å². The summed E-state index contributed by atoms with van der Waals surface area (Å²) in [7, 11) is 1.36. The van der Waals surface area contributed by atoms with E-state index in [9.17, 15) is 9.59 Å². The van der Waals surface area contributed by atoms with E-state index in [1.54, 1.807) is 0 Å². The Bertz CT molecular complexity index is 468. The van der Waals surface area contributed by atoms with Crippen LogP contribution in [0.2, 0.25) is 0 Å². The van der Waals surface area contributed by atoms with Gasteiger partial charge in [0.25, 0.3) is 0 Å². The molecule has 0 saturated heterocycles. The molecule has 0 bridgehead atoms. The van der Waals surface area contributed by atoms with Crippen LogP contribution in [0.1, 0.15) is 30.1 Å². The summed E-state index contributed by atoms with van der Waals surface area (Å²) in [6.07, 6.45) is -0.208. The first-order valence-electron chi connectivity index (χ1n) is 5.81. The van der Waals surface area contributed by atoms with Crippen molar-refractivity contribution in [3.63, 3.8) is 0 Å². The largest absolute Gasteiger partial charge is 0.493 e. The van der Waals surface area contributed by atoms with Crippen molar-refractivity contribution >= 4 is 11.9 Å². The quantitative estimate of drug-likeness (QED) is 0.785. The Hall–Kier alpha value is -2.24. The number of methoxy groups -OCH3 is 1. The van der Waals surface area contributed by atoms with Gasteiger partial charge in [0.15, 0.2) is 17.6 Å². The van der Waals surface area contributed by atoms with E-state index >= 15 is 0 Å². The molecule has 1 aromatic rings. The highest BCUT2D eigenvalue weighted by Gasteiger charge is 2.24. The summed E-state index contributed by atoms with van der Waals surface area (Å²) in [6.45, 7) is 1.82. The number of hydrogen-bond donors (Lipinski definition) is 2. The van der Waals surface area contributed by atoms with Gasteiger partial charge in [0.1, 0.15) is 5.56 Å². The van der Waals surface area contributed by atoms with Crippen molar-refractivity contribution in [1.82, 2.24) is 0 Å². The van der Waals surface area contributed by atoms with Crippen molar-refractivity contribution in [3.05, 3.63) is 23.8 Å². The SMILES string of the molecule is CCCC(Oc1c(OC)cccc1C(=O)O)C(=O)O. The predicted molar refractivity (Wildman–Crippen MR) is 66.9 cm³/mol. The highest BCUT2D eigenvalue weighted by atomic mass is 16.5. The van der Waals surface area contributed by atoms with Crippen LogP contribution in [-0.4, -0.2) is 35.4 Å². The van der Waals surface area contributed by atoms with Crippen LogP contribution in [0, 0.1) is 0 Å². The average Bonchev–Trinajstić information content (AvgIpc) is 2.37. The maximum Gasteiger partial charge on any atom is 0.344 e. The molecule has 1 atom stereocenters. The second kappa shape index (κ2) is 6.63. The van der Waals surface area contributed by atoms with Gasteiger partial charge in [0.2, 0.25) is 0 Å². The van der Waals surface area contributed by atoms with E-state index in [1.807, 2.05) is 6.92 Å². The van der Waals surface area contributed by atoms with E-state index in [2.05, 4.69) is 0 Å². The van der Waals surface area contributed by atoms with Gasteiger partial charge in [-0.05, 0) is 18.6 Å². The summed E-state index contributed by atoms with van der Waals surface area (Å²) in [6, 6.07) is 4.36. The zero-order chi connectivity index (χ0) is 14.4. The second-order valence-corrected chi connectivity index (χ2v) is 3.88. The summed E-state index contributed by atoms with van der Waals surface area (Å²) in [4.78, 5) is 22.2. The molecule has 0 aromatic heterocycles. The molecule has 0 spiro atoms. The average molecular weight is 268 g/mol. The molecular formula is C13H16O6. The predicted octanol–water partition coefficient (Wildman–Crippen LogP) is 2.03. The van der Waals surface area contributed by atoms with Gasteiger partial charge in [-0.1, -0.05) is 19.4 Å². The van der Waals surface area contributed by atoms with Gasteiger partial charge >= 0.3 is 11.9 Å². The van der Waals surface area contributed by atoms with Crippen LogP contribution < -0.4 is 9.47 Å². The molecule has 0 saturated carbocycles. The fourth-order valence-electron chi connectivity index (χ4n) is 1.60. The fraction of sp³-hybridized carbons (Fsp3) is 0.385. The number of hydrogen-bond acceptors (Lipinski definition) is 4. The monoisotopic (exact) mass is 268 g/mol. The number of carbonyl (C=O) groups is 2. The third-order valence-corrected chi connectivity index (χ3v) is 2.52. The topological polar surface area (TPSA) is 93.1 Å². The van der Waals surface area contributed by atoms with E-state index < -0.39 is 18.0 Å². The minimum Gasteiger partial charge on any atom is -0.493 e. The molecule has 6 nitrogen and oxygen atoms in total. The Labute approximate surface area is 110 Å². The van der Waals surface area contributed by atoms with Crippen LogP contribution in [0.4, 0.5) is 0 Å². The molecule has 2 N–H and O–H groups in total. The lowest BCUT2D eigenvalue weighted by molar-refractivity contribution is -0.145. The maximum absolute atomic E-state index is 11.1. The van der Waals surface area contributed by atoms with Gasteiger partial charge < -0.3 is 19.7 Å². The minimum absolute atomic E-state index is 0.0571. The van der Waals surface area contributed by atoms with Crippen molar-refractivity contribution < 1.29 is 29.3 Å². The number of rotatable bonds is 7. The number of aromatic carboxylic acids is 1. The lowest BCUT2D eigenvalue weighted by Gasteiger charge is -2.18. The molecule has 0 aliphatic rings. The Kier molecular flexibility index (Phi) is 5.17. The van der Waals surface area contributed by atoms with Crippen LogP contribution in [0.15, 0.2) is 18.2 Å². The van der Waals surface area contributed by atoms with Crippen LogP contribution in [0.25, 0.3) is 0 Å². The van der Waals surface area contributed by atoms with Gasteiger partial charge in [-0.2, -0.15) is 0 Å². The molecule has 6 heteroatoms. The first-order chi connectivity index (χ1) is 9.01. The smallest absolute Gasteiger partial charge is 0.344 e. The summed E-state index contributed by atoms with van der Waals surface area (Å²) in [5, 5.41) is 18.1. The van der Waals surface area contributed by atoms with Gasteiger partial charge in [-0.3, -0.25) is 0 Å². The van der Waals surface area contributed by atoms with Crippen LogP contribution in [-0.2, 0) is 4.79 Å². The van der Waals surface area contributed by atoms with E-state index in [-0.39, 0.29) is 23.5 Å². The van der Waals surface area contributed by atoms with E-state index in [4.69, 9.17) is 19.7 Å². The number of para-hydroxylation sites is 1. The van der Waals surface area contributed by atoms with Gasteiger partial charge in [0.05, 0.1) is 7.11 Å². The number of aliphatic carboxylic acids is 1. The van der Waals surface area contributed by atoms with Gasteiger partial charge in [-0.15, -0.1) is 0 Å². The lowest BCUT2D eigenvalue weighted by atomic mass is 10.1. The van der Waals surface area contributed by atoms with Crippen LogP contribution in [0.3, 0.4) is 0 Å². The van der Waals surface area contributed by atoms with Crippen LogP contribution in [0.5, 0.6) is 11.5 Å². The summed E-state index contributed by atoms with van der Waals surface area (Å²) >= 11 is 0. The van der Waals surface area contributed by atoms with Crippen molar-refractivity contribution in [3.8, 4) is 11.5 Å². The lowest BCUT2D eigenvalue weighted by Crippen LogP contribution is -2.27. The number of carboxylic acid groups (broad SMARTS) is 2. The number of carboxylic acids is 2. The Morgan fingerprint density at radius 2 is 2.00 bits per heavy atom. The first-order valence-corrected chi connectivity index (χ1v) is 5.81. The second-order valence-electron chi connectivity index (χ2n) is 3.88. The maximum atomic E-state index is 11.1. The van der Waals surface area contributed by atoms with Gasteiger partial charge in [-0.25, -0.2) is 9.59 Å². The first kappa shape index (κ1) is 14.8. The fourth-order valence-corrected chi connectivity index (χ4v) is 1.60. The van der Waals surface area contributed by atoms with Crippen molar-refractivity contribution in [2.45, 2.75) is 25.9 Å². The van der Waals surface area contributed by atoms with Gasteiger partial charge in [0, 0.05) is 0 Å². The summed E-state index contributed by atoms with van der Waals surface area (Å²) in [5.74, 6) is -2.20. The highest BCUT2D eigenvalue weighted by molar-refractivity contribution is 5.92.